The minimum absolute atomic E-state index is 0.318. The maximum Gasteiger partial charge on any atom is 0.0830 e. The molecule has 1 saturated heterocycles. The molecule has 1 aliphatic rings. The summed E-state index contributed by atoms with van der Waals surface area (Å²) in [5.74, 6) is 0. The van der Waals surface area contributed by atoms with Gasteiger partial charge in [0.05, 0.1) is 12.2 Å². The van der Waals surface area contributed by atoms with Crippen molar-refractivity contribution < 1.29 is 4.74 Å². The molecule has 1 nitrogen and oxygen atoms in total. The van der Waals surface area contributed by atoms with Gasteiger partial charge >= 0.3 is 0 Å². The third-order valence-corrected chi connectivity index (χ3v) is 3.45. The normalized spacial score (nSPS) is 26.7. The van der Waals surface area contributed by atoms with Gasteiger partial charge < -0.3 is 4.74 Å². The van der Waals surface area contributed by atoms with Crippen LogP contribution in [0.4, 0.5) is 0 Å². The van der Waals surface area contributed by atoms with E-state index in [1.807, 2.05) is 0 Å². The lowest BCUT2D eigenvalue weighted by Crippen LogP contribution is -2.07. The Morgan fingerprint density at radius 1 is 1.29 bits per heavy atom. The highest BCUT2D eigenvalue weighted by molar-refractivity contribution is 9.09. The minimum atomic E-state index is 0.318. The van der Waals surface area contributed by atoms with E-state index >= 15 is 0 Å². The van der Waals surface area contributed by atoms with Gasteiger partial charge in [-0.05, 0) is 25.3 Å². The van der Waals surface area contributed by atoms with E-state index in [0.29, 0.717) is 12.2 Å². The molecule has 2 rings (SSSR count). The Labute approximate surface area is 93.6 Å². The van der Waals surface area contributed by atoms with E-state index < -0.39 is 0 Å². The molecule has 1 aromatic rings. The number of benzene rings is 1. The first-order valence-corrected chi connectivity index (χ1v) is 6.19. The second-order valence-corrected chi connectivity index (χ2v) is 4.54. The molecule has 0 radical (unpaired) electrons. The van der Waals surface area contributed by atoms with E-state index in [2.05, 4.69) is 47.1 Å². The molecule has 0 spiro atoms. The van der Waals surface area contributed by atoms with E-state index in [1.165, 1.54) is 17.5 Å². The molecular formula is C12H15BrO. The van der Waals surface area contributed by atoms with E-state index in [-0.39, 0.29) is 0 Å². The first-order chi connectivity index (χ1) is 6.79. The van der Waals surface area contributed by atoms with Crippen LogP contribution in [0, 0.1) is 6.92 Å². The predicted molar refractivity (Wildman–Crippen MR) is 61.8 cm³/mol. The SMILES string of the molecule is Cc1ccc([C@@H]2CC[C@H](CBr)O2)cc1. The van der Waals surface area contributed by atoms with Gasteiger partial charge in [0.1, 0.15) is 0 Å². The predicted octanol–water partition coefficient (Wildman–Crippen LogP) is 3.61. The lowest BCUT2D eigenvalue weighted by atomic mass is 10.1. The molecule has 0 amide bonds. The maximum absolute atomic E-state index is 5.89. The van der Waals surface area contributed by atoms with Crippen LogP contribution in [0.25, 0.3) is 0 Å². The fourth-order valence-corrected chi connectivity index (χ4v) is 2.32. The summed E-state index contributed by atoms with van der Waals surface area (Å²) >= 11 is 3.46. The number of halogens is 1. The van der Waals surface area contributed by atoms with Gasteiger partial charge in [-0.2, -0.15) is 0 Å². The molecular weight excluding hydrogens is 240 g/mol. The first-order valence-electron chi connectivity index (χ1n) is 5.07. The molecule has 0 aliphatic carbocycles. The van der Waals surface area contributed by atoms with Crippen molar-refractivity contribution in [1.29, 1.82) is 0 Å². The third-order valence-electron chi connectivity index (χ3n) is 2.73. The van der Waals surface area contributed by atoms with Crippen molar-refractivity contribution in [2.24, 2.45) is 0 Å². The number of hydrogen-bond acceptors (Lipinski definition) is 1. The molecule has 76 valence electrons. The summed E-state index contributed by atoms with van der Waals surface area (Å²) < 4.78 is 5.89. The zero-order chi connectivity index (χ0) is 9.97. The quantitative estimate of drug-likeness (QED) is 0.733. The molecule has 0 unspecified atom stereocenters. The van der Waals surface area contributed by atoms with Crippen LogP contribution in [0.1, 0.15) is 30.1 Å². The van der Waals surface area contributed by atoms with Gasteiger partial charge in [-0.25, -0.2) is 0 Å². The zero-order valence-electron chi connectivity index (χ0n) is 8.37. The molecule has 1 fully saturated rings. The van der Waals surface area contributed by atoms with E-state index in [4.69, 9.17) is 4.74 Å². The van der Waals surface area contributed by atoms with Crippen LogP contribution < -0.4 is 0 Å². The first kappa shape index (κ1) is 10.2. The summed E-state index contributed by atoms with van der Waals surface area (Å²) in [5, 5.41) is 0.954. The average molecular weight is 255 g/mol. The van der Waals surface area contributed by atoms with Gasteiger partial charge in [-0.1, -0.05) is 45.8 Å². The fraction of sp³-hybridized carbons (Fsp3) is 0.500. The van der Waals surface area contributed by atoms with Crippen molar-refractivity contribution in [3.05, 3.63) is 35.4 Å². The molecule has 0 N–H and O–H groups in total. The second-order valence-electron chi connectivity index (χ2n) is 3.89. The summed E-state index contributed by atoms with van der Waals surface area (Å²) in [7, 11) is 0. The smallest absolute Gasteiger partial charge is 0.0830 e. The van der Waals surface area contributed by atoms with Crippen molar-refractivity contribution in [1.82, 2.24) is 0 Å². The summed E-state index contributed by atoms with van der Waals surface area (Å²) in [4.78, 5) is 0. The number of ether oxygens (including phenoxy) is 1. The van der Waals surface area contributed by atoms with Crippen LogP contribution >= 0.6 is 15.9 Å². The Morgan fingerprint density at radius 3 is 2.57 bits per heavy atom. The highest BCUT2D eigenvalue weighted by Crippen LogP contribution is 2.33. The average Bonchev–Trinajstić information content (AvgIpc) is 2.67. The van der Waals surface area contributed by atoms with Gasteiger partial charge in [0, 0.05) is 5.33 Å². The largest absolute Gasteiger partial charge is 0.369 e. The minimum Gasteiger partial charge on any atom is -0.369 e. The number of hydrogen-bond donors (Lipinski definition) is 0. The highest BCUT2D eigenvalue weighted by Gasteiger charge is 2.25. The van der Waals surface area contributed by atoms with Crippen molar-refractivity contribution in [2.75, 3.05) is 5.33 Å². The van der Waals surface area contributed by atoms with Gasteiger partial charge in [-0.3, -0.25) is 0 Å². The summed E-state index contributed by atoms with van der Waals surface area (Å²) in [6.45, 7) is 2.11. The zero-order valence-corrected chi connectivity index (χ0v) is 9.96. The van der Waals surface area contributed by atoms with Crippen LogP contribution in [-0.2, 0) is 4.74 Å². The Kier molecular flexibility index (Phi) is 3.24. The lowest BCUT2D eigenvalue weighted by molar-refractivity contribution is 0.0588. The van der Waals surface area contributed by atoms with Crippen LogP contribution in [0.15, 0.2) is 24.3 Å². The van der Waals surface area contributed by atoms with E-state index in [9.17, 15) is 0 Å². The van der Waals surface area contributed by atoms with Gasteiger partial charge in [0.25, 0.3) is 0 Å². The molecule has 1 aliphatic heterocycles. The molecule has 2 heteroatoms. The van der Waals surface area contributed by atoms with E-state index in [0.717, 1.165) is 11.8 Å². The van der Waals surface area contributed by atoms with Crippen LogP contribution in [-0.4, -0.2) is 11.4 Å². The monoisotopic (exact) mass is 254 g/mol. The Morgan fingerprint density at radius 2 is 2.00 bits per heavy atom. The van der Waals surface area contributed by atoms with Crippen molar-refractivity contribution in [3.8, 4) is 0 Å². The lowest BCUT2D eigenvalue weighted by Gasteiger charge is -2.12. The Balaban J connectivity index is 2.06. The van der Waals surface area contributed by atoms with Crippen molar-refractivity contribution in [3.63, 3.8) is 0 Å². The third kappa shape index (κ3) is 2.18. The maximum atomic E-state index is 5.89. The van der Waals surface area contributed by atoms with Crippen molar-refractivity contribution in [2.45, 2.75) is 32.0 Å². The molecule has 0 saturated carbocycles. The van der Waals surface area contributed by atoms with Gasteiger partial charge in [0.2, 0.25) is 0 Å². The van der Waals surface area contributed by atoms with Gasteiger partial charge in [-0.15, -0.1) is 0 Å². The number of aryl methyl sites for hydroxylation is 1. The van der Waals surface area contributed by atoms with E-state index in [1.54, 1.807) is 0 Å². The van der Waals surface area contributed by atoms with Crippen LogP contribution in [0.5, 0.6) is 0 Å². The van der Waals surface area contributed by atoms with Gasteiger partial charge in [0.15, 0.2) is 0 Å². The highest BCUT2D eigenvalue weighted by atomic mass is 79.9. The topological polar surface area (TPSA) is 9.23 Å². The summed E-state index contributed by atoms with van der Waals surface area (Å²) in [6, 6.07) is 8.66. The van der Waals surface area contributed by atoms with Crippen LogP contribution in [0.2, 0.25) is 0 Å². The number of alkyl halides is 1. The number of rotatable bonds is 2. The molecule has 2 atom stereocenters. The molecule has 1 heterocycles. The standard InChI is InChI=1S/C12H15BrO/c1-9-2-4-10(5-3-9)12-7-6-11(8-13)14-12/h2-5,11-12H,6-8H2,1H3/t11-,12+/m1/s1. The molecule has 1 aromatic carbocycles. The molecule has 0 bridgehead atoms. The Bertz CT molecular complexity index is 294. The fourth-order valence-electron chi connectivity index (χ4n) is 1.85. The van der Waals surface area contributed by atoms with Crippen LogP contribution in [0.3, 0.4) is 0 Å². The summed E-state index contributed by atoms with van der Waals surface area (Å²) in [6.07, 6.45) is 3.04. The second kappa shape index (κ2) is 4.45. The Hall–Kier alpha value is -0.340. The summed E-state index contributed by atoms with van der Waals surface area (Å²) in [5.41, 5.74) is 2.63. The van der Waals surface area contributed by atoms with Crippen molar-refractivity contribution >= 4 is 15.9 Å². The molecule has 14 heavy (non-hydrogen) atoms. The molecule has 0 aromatic heterocycles.